The summed E-state index contributed by atoms with van der Waals surface area (Å²) in [7, 11) is 5.56. The molecule has 2 rings (SSSR count). The summed E-state index contributed by atoms with van der Waals surface area (Å²) in [5.41, 5.74) is 6.66. The molecule has 0 bridgehead atoms. The number of guanidine groups is 1. The lowest BCUT2D eigenvalue weighted by Crippen LogP contribution is -2.36. The fourth-order valence-electron chi connectivity index (χ4n) is 2.57. The van der Waals surface area contributed by atoms with E-state index in [0.29, 0.717) is 23.8 Å². The minimum absolute atomic E-state index is 0.00936. The molecule has 0 atom stereocenters. The van der Waals surface area contributed by atoms with Gasteiger partial charge in [0.25, 0.3) is 5.91 Å². The van der Waals surface area contributed by atoms with Gasteiger partial charge in [-0.15, -0.1) is 0 Å². The Bertz CT molecular complexity index is 811. The van der Waals surface area contributed by atoms with E-state index in [-0.39, 0.29) is 18.0 Å². The van der Waals surface area contributed by atoms with Crippen molar-refractivity contribution in [2.75, 3.05) is 34.3 Å². The van der Waals surface area contributed by atoms with Crippen molar-refractivity contribution in [1.29, 1.82) is 0 Å². The lowest BCUT2D eigenvalue weighted by atomic mass is 10.2. The third-order valence-corrected chi connectivity index (χ3v) is 3.81. The van der Waals surface area contributed by atoms with E-state index < -0.39 is 0 Å². The summed E-state index contributed by atoms with van der Waals surface area (Å²) >= 11 is 0. The first-order valence-electron chi connectivity index (χ1n) is 8.95. The molecule has 148 valence electrons. The van der Waals surface area contributed by atoms with Crippen molar-refractivity contribution in [3.8, 4) is 11.5 Å². The Balaban J connectivity index is 2.32. The second kappa shape index (κ2) is 9.27. The third-order valence-electron chi connectivity index (χ3n) is 3.81. The summed E-state index contributed by atoms with van der Waals surface area (Å²) in [6.45, 7) is 5.42. The first-order chi connectivity index (χ1) is 12.8. The lowest BCUT2D eigenvalue weighted by Gasteiger charge is -2.14. The molecule has 0 aliphatic rings. The molecule has 4 N–H and O–H groups in total. The van der Waals surface area contributed by atoms with E-state index in [1.165, 1.54) is 7.05 Å². The third kappa shape index (κ3) is 5.62. The van der Waals surface area contributed by atoms with Gasteiger partial charge in [-0.05, 0) is 52.6 Å². The van der Waals surface area contributed by atoms with Crippen molar-refractivity contribution in [2.24, 2.45) is 10.7 Å². The molecule has 0 unspecified atom stereocenters. The Morgan fingerprint density at radius 1 is 1.33 bits per heavy atom. The number of amides is 1. The van der Waals surface area contributed by atoms with Crippen LogP contribution in [0.4, 0.5) is 0 Å². The number of nitrogens with one attached hydrogen (secondary N) is 2. The molecule has 0 saturated heterocycles. The zero-order chi connectivity index (χ0) is 20.0. The number of hydrogen-bond acceptors (Lipinski definition) is 5. The van der Waals surface area contributed by atoms with E-state index in [2.05, 4.69) is 20.2 Å². The quantitative estimate of drug-likeness (QED) is 0.372. The van der Waals surface area contributed by atoms with Gasteiger partial charge in [-0.1, -0.05) is 0 Å². The van der Waals surface area contributed by atoms with Crippen molar-refractivity contribution in [3.63, 3.8) is 0 Å². The number of nitrogens with two attached hydrogens (primary N) is 1. The molecule has 0 spiro atoms. The molecular weight excluding hydrogens is 346 g/mol. The number of carbonyl (C=O) groups is 1. The molecule has 1 heterocycles. The van der Waals surface area contributed by atoms with Crippen LogP contribution in [0.15, 0.2) is 23.2 Å². The van der Waals surface area contributed by atoms with Crippen LogP contribution in [-0.4, -0.2) is 62.1 Å². The van der Waals surface area contributed by atoms with Gasteiger partial charge in [-0.3, -0.25) is 15.1 Å². The Morgan fingerprint density at radius 3 is 2.67 bits per heavy atom. The maximum atomic E-state index is 12.4. The van der Waals surface area contributed by atoms with Gasteiger partial charge in [0, 0.05) is 19.0 Å². The SMILES string of the molecule is CN=C(N)NC(=O)c1cc2c(OC(C)C)ccc(OCCCN(C)C)c2[nH]1. The molecular formula is C19H29N5O3. The van der Waals surface area contributed by atoms with Crippen molar-refractivity contribution in [2.45, 2.75) is 26.4 Å². The second-order valence-corrected chi connectivity index (χ2v) is 6.77. The highest BCUT2D eigenvalue weighted by Crippen LogP contribution is 2.34. The molecule has 1 amide bonds. The molecule has 8 heteroatoms. The molecule has 0 aliphatic carbocycles. The van der Waals surface area contributed by atoms with E-state index in [1.807, 2.05) is 40.1 Å². The number of ether oxygens (including phenoxy) is 2. The molecule has 8 nitrogen and oxygen atoms in total. The Labute approximate surface area is 159 Å². The van der Waals surface area contributed by atoms with Crippen molar-refractivity contribution in [3.05, 3.63) is 23.9 Å². The van der Waals surface area contributed by atoms with Gasteiger partial charge in [0.05, 0.1) is 18.2 Å². The standard InChI is InChI=1S/C19H29N5O3/c1-12(2)27-15-7-8-16(26-10-6-9-24(4)5)17-13(15)11-14(22-17)18(25)23-19(20)21-3/h7-8,11-12,22H,6,9-10H2,1-5H3,(H3,20,21,23,25). The molecule has 1 aromatic heterocycles. The number of benzene rings is 1. The van der Waals surface area contributed by atoms with E-state index in [0.717, 1.165) is 23.9 Å². The Morgan fingerprint density at radius 2 is 2.04 bits per heavy atom. The number of aromatic nitrogens is 1. The molecule has 0 fully saturated rings. The second-order valence-electron chi connectivity index (χ2n) is 6.77. The predicted octanol–water partition coefficient (Wildman–Crippen LogP) is 1.96. The number of H-pyrrole nitrogens is 1. The number of rotatable bonds is 8. The number of aliphatic imine (C=N–C) groups is 1. The highest BCUT2D eigenvalue weighted by molar-refractivity contribution is 6.07. The largest absolute Gasteiger partial charge is 0.491 e. The Kier molecular flexibility index (Phi) is 7.06. The van der Waals surface area contributed by atoms with Crippen LogP contribution in [-0.2, 0) is 0 Å². The smallest absolute Gasteiger partial charge is 0.274 e. The van der Waals surface area contributed by atoms with Crippen LogP contribution in [0.2, 0.25) is 0 Å². The van der Waals surface area contributed by atoms with Crippen molar-refractivity contribution < 1.29 is 14.3 Å². The lowest BCUT2D eigenvalue weighted by molar-refractivity contribution is 0.0972. The average molecular weight is 375 g/mol. The van der Waals surface area contributed by atoms with Crippen LogP contribution < -0.4 is 20.5 Å². The summed E-state index contributed by atoms with van der Waals surface area (Å²) in [4.78, 5) is 21.3. The fourth-order valence-corrected chi connectivity index (χ4v) is 2.57. The monoisotopic (exact) mass is 375 g/mol. The fraction of sp³-hybridized carbons (Fsp3) is 0.474. The maximum Gasteiger partial charge on any atom is 0.274 e. The molecule has 1 aromatic carbocycles. The van der Waals surface area contributed by atoms with E-state index in [9.17, 15) is 4.79 Å². The highest BCUT2D eigenvalue weighted by atomic mass is 16.5. The van der Waals surface area contributed by atoms with Gasteiger partial charge in [-0.25, -0.2) is 0 Å². The zero-order valence-electron chi connectivity index (χ0n) is 16.6. The summed E-state index contributed by atoms with van der Waals surface area (Å²) in [6, 6.07) is 5.45. The van der Waals surface area contributed by atoms with Gasteiger partial charge in [0.1, 0.15) is 17.2 Å². The van der Waals surface area contributed by atoms with Crippen LogP contribution >= 0.6 is 0 Å². The first-order valence-corrected chi connectivity index (χ1v) is 8.95. The van der Waals surface area contributed by atoms with Crippen molar-refractivity contribution >= 4 is 22.8 Å². The molecule has 0 saturated carbocycles. The summed E-state index contributed by atoms with van der Waals surface area (Å²) in [6.07, 6.45) is 0.908. The number of nitrogens with zero attached hydrogens (tertiary/aromatic N) is 2. The van der Waals surface area contributed by atoms with Crippen LogP contribution in [0, 0.1) is 0 Å². The van der Waals surface area contributed by atoms with Crippen LogP contribution in [0.5, 0.6) is 11.5 Å². The highest BCUT2D eigenvalue weighted by Gasteiger charge is 2.17. The molecule has 2 aromatic rings. The number of aromatic amines is 1. The first kappa shape index (κ1) is 20.6. The molecule has 0 radical (unpaired) electrons. The van der Waals surface area contributed by atoms with Gasteiger partial charge >= 0.3 is 0 Å². The van der Waals surface area contributed by atoms with Gasteiger partial charge in [-0.2, -0.15) is 0 Å². The molecule has 0 aliphatic heterocycles. The van der Waals surface area contributed by atoms with E-state index in [4.69, 9.17) is 15.2 Å². The summed E-state index contributed by atoms with van der Waals surface area (Å²) < 4.78 is 11.8. The summed E-state index contributed by atoms with van der Waals surface area (Å²) in [5, 5.41) is 3.31. The van der Waals surface area contributed by atoms with Crippen LogP contribution in [0.25, 0.3) is 10.9 Å². The maximum absolute atomic E-state index is 12.4. The normalized spacial score (nSPS) is 12.0. The number of hydrogen-bond donors (Lipinski definition) is 3. The topological polar surface area (TPSA) is 105 Å². The van der Waals surface area contributed by atoms with Crippen LogP contribution in [0.1, 0.15) is 30.8 Å². The van der Waals surface area contributed by atoms with Gasteiger partial charge < -0.3 is 25.1 Å². The predicted molar refractivity (Wildman–Crippen MR) is 108 cm³/mol. The van der Waals surface area contributed by atoms with Crippen molar-refractivity contribution in [1.82, 2.24) is 15.2 Å². The zero-order valence-corrected chi connectivity index (χ0v) is 16.6. The Hall–Kier alpha value is -2.74. The average Bonchev–Trinajstić information content (AvgIpc) is 3.05. The summed E-state index contributed by atoms with van der Waals surface area (Å²) in [5.74, 6) is 1.05. The van der Waals surface area contributed by atoms with Gasteiger partial charge in [0.15, 0.2) is 5.96 Å². The minimum Gasteiger partial charge on any atom is -0.491 e. The van der Waals surface area contributed by atoms with Gasteiger partial charge in [0.2, 0.25) is 0 Å². The molecule has 27 heavy (non-hydrogen) atoms. The number of fused-ring (bicyclic) bond motifs is 1. The number of carbonyl (C=O) groups excluding carboxylic acids is 1. The van der Waals surface area contributed by atoms with E-state index in [1.54, 1.807) is 6.07 Å². The minimum atomic E-state index is -0.372. The van der Waals surface area contributed by atoms with E-state index >= 15 is 0 Å². The van der Waals surface area contributed by atoms with Crippen LogP contribution in [0.3, 0.4) is 0 Å².